The summed E-state index contributed by atoms with van der Waals surface area (Å²) in [5, 5.41) is 13.4. The van der Waals surface area contributed by atoms with E-state index in [1.807, 2.05) is 25.3 Å². The Balaban J connectivity index is 0.00000240. The summed E-state index contributed by atoms with van der Waals surface area (Å²) in [6, 6.07) is 10.2. The lowest BCUT2D eigenvalue weighted by molar-refractivity contribution is 0.626. The molecule has 9 heteroatoms. The number of aromatic amines is 1. The minimum atomic E-state index is -0.258. The molecule has 3 N–H and O–H groups in total. The second kappa shape index (κ2) is 9.11. The van der Waals surface area contributed by atoms with Gasteiger partial charge in [-0.3, -0.25) is 10.1 Å². The lowest BCUT2D eigenvalue weighted by atomic mass is 10.1. The Morgan fingerprint density at radius 3 is 2.45 bits per heavy atom. The molecule has 148 valence electrons. The Hall–Kier alpha value is -3.52. The number of H-pyrrole nitrogens is 1. The van der Waals surface area contributed by atoms with Crippen LogP contribution in [0.5, 0.6) is 0 Å². The van der Waals surface area contributed by atoms with Crippen molar-refractivity contribution in [2.45, 2.75) is 13.0 Å². The van der Waals surface area contributed by atoms with Gasteiger partial charge in [-0.2, -0.15) is 5.10 Å². The number of anilines is 3. The van der Waals surface area contributed by atoms with Crippen molar-refractivity contribution in [3.05, 3.63) is 78.8 Å². The number of nitrogens with one attached hydrogen (secondary N) is 3. The highest BCUT2D eigenvalue weighted by Gasteiger charge is 2.11. The summed E-state index contributed by atoms with van der Waals surface area (Å²) in [4.78, 5) is 12.9. The van der Waals surface area contributed by atoms with Gasteiger partial charge in [0.05, 0.1) is 12.4 Å². The first-order valence-electron chi connectivity index (χ1n) is 8.74. The number of pyridine rings is 1. The summed E-state index contributed by atoms with van der Waals surface area (Å²) in [6.07, 6.45) is 8.40. The first kappa shape index (κ1) is 20.2. The summed E-state index contributed by atoms with van der Waals surface area (Å²) >= 11 is 0. The van der Waals surface area contributed by atoms with Crippen molar-refractivity contribution in [3.8, 4) is 11.1 Å². The molecule has 4 rings (SSSR count). The van der Waals surface area contributed by atoms with E-state index >= 15 is 0 Å². The summed E-state index contributed by atoms with van der Waals surface area (Å²) in [5.74, 6) is 1.62. The average Bonchev–Trinajstić information content (AvgIpc) is 3.24. The van der Waals surface area contributed by atoms with Crippen LogP contribution in [0.2, 0.25) is 0 Å². The highest BCUT2D eigenvalue weighted by molar-refractivity contribution is 5.85. The van der Waals surface area contributed by atoms with E-state index in [1.54, 1.807) is 36.9 Å². The Kier molecular flexibility index (Phi) is 6.36. The average molecular weight is 412 g/mol. The SMILES string of the molecule is C[C@H](Nc1cc(-c2cn[nH]c2)cc(Nc2cnccn2)n1)c1ccc(F)cc1.Cl. The molecule has 3 heterocycles. The quantitative estimate of drug-likeness (QED) is 0.424. The Bertz CT molecular complexity index is 1040. The highest BCUT2D eigenvalue weighted by atomic mass is 35.5. The van der Waals surface area contributed by atoms with Crippen LogP contribution in [-0.4, -0.2) is 25.1 Å². The summed E-state index contributed by atoms with van der Waals surface area (Å²) < 4.78 is 13.2. The second-order valence-electron chi connectivity index (χ2n) is 6.25. The first-order valence-corrected chi connectivity index (χ1v) is 8.74. The van der Waals surface area contributed by atoms with Crippen molar-refractivity contribution in [3.63, 3.8) is 0 Å². The fourth-order valence-electron chi connectivity index (χ4n) is 2.80. The van der Waals surface area contributed by atoms with Crippen LogP contribution in [0, 0.1) is 5.82 Å². The molecule has 0 aliphatic heterocycles. The third-order valence-electron chi connectivity index (χ3n) is 4.21. The van der Waals surface area contributed by atoms with Crippen molar-refractivity contribution in [2.24, 2.45) is 0 Å². The van der Waals surface area contributed by atoms with Crippen molar-refractivity contribution in [1.82, 2.24) is 25.1 Å². The molecule has 7 nitrogen and oxygen atoms in total. The molecule has 4 aromatic rings. The Morgan fingerprint density at radius 1 is 0.966 bits per heavy atom. The van der Waals surface area contributed by atoms with Gasteiger partial charge >= 0.3 is 0 Å². The van der Waals surface area contributed by atoms with Crippen LogP contribution in [-0.2, 0) is 0 Å². The predicted molar refractivity (Wildman–Crippen MR) is 113 cm³/mol. The number of aromatic nitrogens is 5. The minimum absolute atomic E-state index is 0. The van der Waals surface area contributed by atoms with Crippen LogP contribution in [0.1, 0.15) is 18.5 Å². The van der Waals surface area contributed by atoms with Gasteiger partial charge in [0.15, 0.2) is 0 Å². The molecule has 0 fully saturated rings. The van der Waals surface area contributed by atoms with E-state index in [1.165, 1.54) is 12.1 Å². The number of nitrogens with zero attached hydrogens (tertiary/aromatic N) is 4. The third kappa shape index (κ3) is 5.05. The highest BCUT2D eigenvalue weighted by Crippen LogP contribution is 2.27. The molecule has 1 aromatic carbocycles. The summed E-state index contributed by atoms with van der Waals surface area (Å²) in [5.41, 5.74) is 2.83. The molecule has 0 saturated carbocycles. The van der Waals surface area contributed by atoms with E-state index in [9.17, 15) is 4.39 Å². The van der Waals surface area contributed by atoms with Gasteiger partial charge in [-0.05, 0) is 42.3 Å². The molecule has 0 bridgehead atoms. The van der Waals surface area contributed by atoms with E-state index in [0.717, 1.165) is 16.7 Å². The maximum Gasteiger partial charge on any atom is 0.150 e. The molecular weight excluding hydrogens is 393 g/mol. The summed E-state index contributed by atoms with van der Waals surface area (Å²) in [6.45, 7) is 2.00. The van der Waals surface area contributed by atoms with Crippen molar-refractivity contribution >= 4 is 29.9 Å². The van der Waals surface area contributed by atoms with Crippen LogP contribution in [0.15, 0.2) is 67.4 Å². The monoisotopic (exact) mass is 411 g/mol. The van der Waals surface area contributed by atoms with Gasteiger partial charge in [0.1, 0.15) is 23.3 Å². The van der Waals surface area contributed by atoms with E-state index in [2.05, 4.69) is 35.8 Å². The van der Waals surface area contributed by atoms with Crippen molar-refractivity contribution < 1.29 is 4.39 Å². The van der Waals surface area contributed by atoms with Crippen molar-refractivity contribution in [2.75, 3.05) is 10.6 Å². The third-order valence-corrected chi connectivity index (χ3v) is 4.21. The largest absolute Gasteiger partial charge is 0.363 e. The maximum atomic E-state index is 13.2. The fraction of sp³-hybridized carbons (Fsp3) is 0.100. The summed E-state index contributed by atoms with van der Waals surface area (Å²) in [7, 11) is 0. The lowest BCUT2D eigenvalue weighted by Crippen LogP contribution is -2.09. The van der Waals surface area contributed by atoms with Crippen LogP contribution in [0.25, 0.3) is 11.1 Å². The first-order chi connectivity index (χ1) is 13.7. The van der Waals surface area contributed by atoms with Gasteiger partial charge in [-0.25, -0.2) is 14.4 Å². The zero-order valence-corrected chi connectivity index (χ0v) is 16.3. The van der Waals surface area contributed by atoms with Gasteiger partial charge in [-0.1, -0.05) is 12.1 Å². The Labute approximate surface area is 173 Å². The lowest BCUT2D eigenvalue weighted by Gasteiger charge is -2.17. The smallest absolute Gasteiger partial charge is 0.150 e. The number of benzene rings is 1. The molecule has 0 spiro atoms. The van der Waals surface area contributed by atoms with Gasteiger partial charge in [-0.15, -0.1) is 12.4 Å². The normalized spacial score (nSPS) is 11.4. The van der Waals surface area contributed by atoms with Gasteiger partial charge < -0.3 is 10.6 Å². The molecule has 0 aliphatic carbocycles. The van der Waals surface area contributed by atoms with Crippen molar-refractivity contribution in [1.29, 1.82) is 0 Å². The molecule has 1 atom stereocenters. The molecular formula is C20H19ClFN7. The fourth-order valence-corrected chi connectivity index (χ4v) is 2.80. The van der Waals surface area contributed by atoms with Crippen LogP contribution < -0.4 is 10.6 Å². The molecule has 3 aromatic heterocycles. The number of hydrogen-bond donors (Lipinski definition) is 3. The zero-order valence-electron chi connectivity index (χ0n) is 15.5. The standard InChI is InChI=1S/C20H18FN7.ClH/c1-13(14-2-4-17(21)5-3-14)26-18-8-15(16-10-24-25-11-16)9-19(27-18)28-20-12-22-6-7-23-20;/h2-13H,1H3,(H,24,25)(H2,23,26,27,28);1H/t13-;/m0./s1. The molecule has 0 aliphatic rings. The number of hydrogen-bond acceptors (Lipinski definition) is 6. The predicted octanol–water partition coefficient (Wildman–Crippen LogP) is 4.74. The second-order valence-corrected chi connectivity index (χ2v) is 6.25. The van der Waals surface area contributed by atoms with Gasteiger partial charge in [0.2, 0.25) is 0 Å². The zero-order chi connectivity index (χ0) is 19.3. The Morgan fingerprint density at radius 2 is 1.76 bits per heavy atom. The molecule has 29 heavy (non-hydrogen) atoms. The molecule has 0 unspecified atom stereocenters. The maximum absolute atomic E-state index is 13.2. The van der Waals surface area contributed by atoms with Gasteiger partial charge in [0, 0.05) is 30.2 Å². The van der Waals surface area contributed by atoms with Crippen LogP contribution in [0.4, 0.5) is 21.8 Å². The minimum Gasteiger partial charge on any atom is -0.363 e. The van der Waals surface area contributed by atoms with Crippen LogP contribution in [0.3, 0.4) is 0 Å². The van der Waals surface area contributed by atoms with E-state index in [0.29, 0.717) is 17.5 Å². The van der Waals surface area contributed by atoms with E-state index in [4.69, 9.17) is 0 Å². The topological polar surface area (TPSA) is 91.4 Å². The van der Waals surface area contributed by atoms with Gasteiger partial charge in [0.25, 0.3) is 0 Å². The number of rotatable bonds is 6. The molecule has 0 radical (unpaired) electrons. The number of halogens is 2. The van der Waals surface area contributed by atoms with E-state index in [-0.39, 0.29) is 24.3 Å². The van der Waals surface area contributed by atoms with E-state index < -0.39 is 0 Å². The van der Waals surface area contributed by atoms with Crippen LogP contribution >= 0.6 is 12.4 Å². The molecule has 0 saturated heterocycles. The molecule has 0 amide bonds.